The Morgan fingerprint density at radius 2 is 2.25 bits per heavy atom. The Kier molecular flexibility index (Phi) is 6.03. The van der Waals surface area contributed by atoms with E-state index in [1.165, 1.54) is 0 Å². The second-order valence-electron chi connectivity index (χ2n) is 3.65. The minimum Gasteiger partial charge on any atom is -0.385 e. The molecule has 16 heavy (non-hydrogen) atoms. The maximum atomic E-state index is 9.63. The zero-order valence-electron chi connectivity index (χ0n) is 9.98. The smallest absolute Gasteiger partial charge is 0.226 e. The van der Waals surface area contributed by atoms with Crippen molar-refractivity contribution in [3.05, 3.63) is 11.7 Å². The third kappa shape index (κ3) is 4.28. The third-order valence-electron chi connectivity index (χ3n) is 2.23. The van der Waals surface area contributed by atoms with Crippen LogP contribution < -0.4 is 0 Å². The molecule has 0 spiro atoms. The van der Waals surface area contributed by atoms with Crippen LogP contribution in [0, 0.1) is 0 Å². The lowest BCUT2D eigenvalue weighted by Gasteiger charge is -2.01. The molecule has 0 aliphatic rings. The molecule has 0 fully saturated rings. The number of aryl methyl sites for hydroxylation is 1. The molecular weight excluding hydrogens is 208 g/mol. The summed E-state index contributed by atoms with van der Waals surface area (Å²) in [5.41, 5.74) is 0. The van der Waals surface area contributed by atoms with E-state index in [0.29, 0.717) is 31.2 Å². The predicted molar refractivity (Wildman–Crippen MR) is 59.0 cm³/mol. The Labute approximate surface area is 95.8 Å². The van der Waals surface area contributed by atoms with Crippen molar-refractivity contribution in [1.82, 2.24) is 10.1 Å². The lowest BCUT2D eigenvalue weighted by atomic mass is 10.2. The maximum Gasteiger partial charge on any atom is 0.226 e. The van der Waals surface area contributed by atoms with Gasteiger partial charge in [0.2, 0.25) is 5.89 Å². The fourth-order valence-corrected chi connectivity index (χ4v) is 1.38. The number of ether oxygens (including phenoxy) is 1. The largest absolute Gasteiger partial charge is 0.385 e. The number of rotatable bonds is 8. The van der Waals surface area contributed by atoms with E-state index in [-0.39, 0.29) is 0 Å². The highest BCUT2D eigenvalue weighted by Gasteiger charge is 2.14. The number of aliphatic hydroxyl groups excluding tert-OH is 1. The second-order valence-corrected chi connectivity index (χ2v) is 3.65. The summed E-state index contributed by atoms with van der Waals surface area (Å²) < 4.78 is 10.2. The van der Waals surface area contributed by atoms with Gasteiger partial charge in [-0.25, -0.2) is 0 Å². The standard InChI is InChI=1S/C11H20N2O3/c1-3-6-9(14)11-12-10(16-13-11)7-5-8-15-4-2/h9,14H,3-8H2,1-2H3. The summed E-state index contributed by atoms with van der Waals surface area (Å²) in [7, 11) is 0. The molecule has 0 saturated carbocycles. The Bertz CT molecular complexity index is 289. The van der Waals surface area contributed by atoms with Crippen LogP contribution in [0.5, 0.6) is 0 Å². The molecule has 5 nitrogen and oxygen atoms in total. The summed E-state index contributed by atoms with van der Waals surface area (Å²) in [6.45, 7) is 5.40. The van der Waals surface area contributed by atoms with Gasteiger partial charge in [0.15, 0.2) is 5.82 Å². The van der Waals surface area contributed by atoms with Gasteiger partial charge in [-0.2, -0.15) is 4.98 Å². The van der Waals surface area contributed by atoms with Gasteiger partial charge in [-0.3, -0.25) is 0 Å². The molecule has 0 amide bonds. The van der Waals surface area contributed by atoms with Gasteiger partial charge in [0.05, 0.1) is 0 Å². The Morgan fingerprint density at radius 1 is 1.44 bits per heavy atom. The minimum atomic E-state index is -0.602. The summed E-state index contributed by atoms with van der Waals surface area (Å²) in [6.07, 6.45) is 2.52. The van der Waals surface area contributed by atoms with Gasteiger partial charge >= 0.3 is 0 Å². The Morgan fingerprint density at radius 3 is 2.94 bits per heavy atom. The van der Waals surface area contributed by atoms with Crippen molar-refractivity contribution >= 4 is 0 Å². The lowest BCUT2D eigenvalue weighted by molar-refractivity contribution is 0.143. The molecule has 1 N–H and O–H groups in total. The zero-order chi connectivity index (χ0) is 11.8. The van der Waals surface area contributed by atoms with E-state index in [1.807, 2.05) is 13.8 Å². The van der Waals surface area contributed by atoms with E-state index in [0.717, 1.165) is 19.4 Å². The van der Waals surface area contributed by atoms with Crippen LogP contribution in [0.2, 0.25) is 0 Å². The predicted octanol–water partition coefficient (Wildman–Crippen LogP) is 1.87. The van der Waals surface area contributed by atoms with E-state index < -0.39 is 6.10 Å². The summed E-state index contributed by atoms with van der Waals surface area (Å²) in [6, 6.07) is 0. The van der Waals surface area contributed by atoms with E-state index in [4.69, 9.17) is 9.26 Å². The molecule has 1 aromatic rings. The number of hydrogen-bond acceptors (Lipinski definition) is 5. The third-order valence-corrected chi connectivity index (χ3v) is 2.23. The fourth-order valence-electron chi connectivity index (χ4n) is 1.38. The highest BCUT2D eigenvalue weighted by atomic mass is 16.5. The van der Waals surface area contributed by atoms with E-state index in [2.05, 4.69) is 10.1 Å². The van der Waals surface area contributed by atoms with Crippen LogP contribution in [0.1, 0.15) is 50.9 Å². The molecule has 1 unspecified atom stereocenters. The summed E-state index contributed by atoms with van der Waals surface area (Å²) in [5, 5.41) is 13.4. The highest BCUT2D eigenvalue weighted by molar-refractivity contribution is 4.90. The van der Waals surface area contributed by atoms with Gasteiger partial charge in [0, 0.05) is 19.6 Å². The highest BCUT2D eigenvalue weighted by Crippen LogP contribution is 2.15. The molecular formula is C11H20N2O3. The first-order valence-electron chi connectivity index (χ1n) is 5.86. The van der Waals surface area contributed by atoms with Crippen LogP contribution >= 0.6 is 0 Å². The van der Waals surface area contributed by atoms with Gasteiger partial charge in [-0.05, 0) is 19.8 Å². The van der Waals surface area contributed by atoms with Crippen LogP contribution in [0.25, 0.3) is 0 Å². The van der Waals surface area contributed by atoms with Crippen molar-refractivity contribution in [1.29, 1.82) is 0 Å². The molecule has 1 aromatic heterocycles. The summed E-state index contributed by atoms with van der Waals surface area (Å²) in [5.74, 6) is 0.970. The first-order chi connectivity index (χ1) is 7.77. The SMILES string of the molecule is CCCC(O)c1noc(CCCOCC)n1. The maximum absolute atomic E-state index is 9.63. The van der Waals surface area contributed by atoms with Gasteiger partial charge < -0.3 is 14.4 Å². The van der Waals surface area contributed by atoms with E-state index >= 15 is 0 Å². The monoisotopic (exact) mass is 228 g/mol. The number of hydrogen-bond donors (Lipinski definition) is 1. The normalized spacial score (nSPS) is 12.9. The van der Waals surface area contributed by atoms with Gasteiger partial charge in [-0.15, -0.1) is 0 Å². The minimum absolute atomic E-state index is 0.397. The van der Waals surface area contributed by atoms with Gasteiger partial charge in [0.1, 0.15) is 6.10 Å². The van der Waals surface area contributed by atoms with Crippen molar-refractivity contribution < 1.29 is 14.4 Å². The Balaban J connectivity index is 2.33. The van der Waals surface area contributed by atoms with Gasteiger partial charge in [-0.1, -0.05) is 18.5 Å². The van der Waals surface area contributed by atoms with E-state index in [9.17, 15) is 5.11 Å². The average Bonchev–Trinajstić information content (AvgIpc) is 2.73. The second kappa shape index (κ2) is 7.35. The first-order valence-corrected chi connectivity index (χ1v) is 5.86. The molecule has 92 valence electrons. The van der Waals surface area contributed by atoms with Crippen LogP contribution in [0.15, 0.2) is 4.52 Å². The molecule has 0 aliphatic heterocycles. The van der Waals surface area contributed by atoms with Crippen molar-refractivity contribution in [2.24, 2.45) is 0 Å². The van der Waals surface area contributed by atoms with Crippen LogP contribution in [-0.2, 0) is 11.2 Å². The lowest BCUT2D eigenvalue weighted by Crippen LogP contribution is -2.00. The average molecular weight is 228 g/mol. The molecule has 0 bridgehead atoms. The molecule has 0 aliphatic carbocycles. The molecule has 5 heteroatoms. The zero-order valence-corrected chi connectivity index (χ0v) is 9.98. The van der Waals surface area contributed by atoms with Crippen molar-refractivity contribution in [3.8, 4) is 0 Å². The summed E-state index contributed by atoms with van der Waals surface area (Å²) >= 11 is 0. The number of aromatic nitrogens is 2. The molecule has 1 rings (SSSR count). The molecule has 1 atom stereocenters. The van der Waals surface area contributed by atoms with E-state index in [1.54, 1.807) is 0 Å². The molecule has 0 aromatic carbocycles. The Hall–Kier alpha value is -0.940. The van der Waals surface area contributed by atoms with Crippen molar-refractivity contribution in [2.45, 2.75) is 45.6 Å². The summed E-state index contributed by atoms with van der Waals surface area (Å²) in [4.78, 5) is 4.14. The van der Waals surface area contributed by atoms with Crippen LogP contribution in [-0.4, -0.2) is 28.5 Å². The van der Waals surface area contributed by atoms with Crippen molar-refractivity contribution in [3.63, 3.8) is 0 Å². The fraction of sp³-hybridized carbons (Fsp3) is 0.818. The molecule has 0 radical (unpaired) electrons. The van der Waals surface area contributed by atoms with Gasteiger partial charge in [0.25, 0.3) is 0 Å². The van der Waals surface area contributed by atoms with Crippen LogP contribution in [0.3, 0.4) is 0 Å². The molecule has 0 saturated heterocycles. The van der Waals surface area contributed by atoms with Crippen LogP contribution in [0.4, 0.5) is 0 Å². The van der Waals surface area contributed by atoms with Crippen molar-refractivity contribution in [2.75, 3.05) is 13.2 Å². The topological polar surface area (TPSA) is 68.4 Å². The number of nitrogens with zero attached hydrogens (tertiary/aromatic N) is 2. The first kappa shape index (κ1) is 13.1. The quantitative estimate of drug-likeness (QED) is 0.688. The number of aliphatic hydroxyl groups is 1. The molecule has 1 heterocycles.